The number of hydrogen-bond donors (Lipinski definition) is 2. The number of aromatic nitrogens is 5. The standard InChI is InChI=1S/C18H21N7O3/c26-17(10-25-12-19-11-21-25)24-5-3-13(4-6-24)15-8-16(23-22-15)18(27)20-9-14-2-1-7-28-14/h1-2,7-8,11-13H,3-6,9-10H2,(H,20,27)(H,22,23). The van der Waals surface area contributed by atoms with E-state index in [4.69, 9.17) is 4.42 Å². The second-order valence-corrected chi connectivity index (χ2v) is 6.72. The van der Waals surface area contributed by atoms with Crippen molar-refractivity contribution in [1.29, 1.82) is 0 Å². The van der Waals surface area contributed by atoms with Gasteiger partial charge in [-0.2, -0.15) is 10.2 Å². The van der Waals surface area contributed by atoms with Crippen LogP contribution in [0, 0.1) is 0 Å². The molecule has 28 heavy (non-hydrogen) atoms. The minimum absolute atomic E-state index is 0.0338. The molecule has 3 aromatic heterocycles. The summed E-state index contributed by atoms with van der Waals surface area (Å²) in [7, 11) is 0. The van der Waals surface area contributed by atoms with Gasteiger partial charge in [-0.3, -0.25) is 14.7 Å². The van der Waals surface area contributed by atoms with Crippen LogP contribution < -0.4 is 5.32 Å². The highest BCUT2D eigenvalue weighted by Crippen LogP contribution is 2.27. The van der Waals surface area contributed by atoms with Crippen LogP contribution in [0.5, 0.6) is 0 Å². The van der Waals surface area contributed by atoms with Crippen molar-refractivity contribution in [3.8, 4) is 0 Å². The van der Waals surface area contributed by atoms with E-state index in [9.17, 15) is 9.59 Å². The molecule has 0 aliphatic carbocycles. The summed E-state index contributed by atoms with van der Waals surface area (Å²) in [6.45, 7) is 1.85. The first-order valence-electron chi connectivity index (χ1n) is 9.15. The molecule has 146 valence electrons. The van der Waals surface area contributed by atoms with Gasteiger partial charge in [0.2, 0.25) is 5.91 Å². The zero-order valence-corrected chi connectivity index (χ0v) is 15.2. The first-order valence-corrected chi connectivity index (χ1v) is 9.15. The maximum atomic E-state index is 12.3. The van der Waals surface area contributed by atoms with E-state index in [1.165, 1.54) is 17.3 Å². The number of carbonyl (C=O) groups is 2. The van der Waals surface area contributed by atoms with Crippen LogP contribution in [-0.4, -0.2) is 54.8 Å². The largest absolute Gasteiger partial charge is 0.467 e. The summed E-state index contributed by atoms with van der Waals surface area (Å²) < 4.78 is 6.72. The van der Waals surface area contributed by atoms with Crippen molar-refractivity contribution in [2.75, 3.05) is 13.1 Å². The molecular weight excluding hydrogens is 362 g/mol. The molecule has 0 spiro atoms. The van der Waals surface area contributed by atoms with Crippen LogP contribution in [0.25, 0.3) is 0 Å². The third-order valence-corrected chi connectivity index (χ3v) is 4.88. The molecule has 3 aromatic rings. The molecule has 0 saturated carbocycles. The number of aromatic amines is 1. The quantitative estimate of drug-likeness (QED) is 0.653. The molecule has 0 atom stereocenters. The fourth-order valence-corrected chi connectivity index (χ4v) is 3.33. The Balaban J connectivity index is 1.28. The average molecular weight is 383 g/mol. The maximum Gasteiger partial charge on any atom is 0.272 e. The van der Waals surface area contributed by atoms with Gasteiger partial charge in [-0.05, 0) is 31.0 Å². The minimum Gasteiger partial charge on any atom is -0.467 e. The minimum atomic E-state index is -0.251. The molecule has 0 bridgehead atoms. The summed E-state index contributed by atoms with van der Waals surface area (Å²) in [6, 6.07) is 5.36. The van der Waals surface area contributed by atoms with Crippen molar-refractivity contribution >= 4 is 11.8 Å². The molecule has 1 aliphatic heterocycles. The van der Waals surface area contributed by atoms with Gasteiger partial charge < -0.3 is 14.6 Å². The monoisotopic (exact) mass is 383 g/mol. The lowest BCUT2D eigenvalue weighted by atomic mass is 9.93. The predicted octanol–water partition coefficient (Wildman–Crippen LogP) is 0.930. The number of amides is 2. The highest BCUT2D eigenvalue weighted by molar-refractivity contribution is 5.92. The van der Waals surface area contributed by atoms with Crippen molar-refractivity contribution in [2.24, 2.45) is 0 Å². The zero-order chi connectivity index (χ0) is 19.3. The second kappa shape index (κ2) is 8.07. The Labute approximate surface area is 160 Å². The molecule has 10 heteroatoms. The molecule has 4 rings (SSSR count). The van der Waals surface area contributed by atoms with E-state index in [1.807, 2.05) is 4.90 Å². The fourth-order valence-electron chi connectivity index (χ4n) is 3.33. The van der Waals surface area contributed by atoms with Gasteiger partial charge in [0.1, 0.15) is 30.7 Å². The van der Waals surface area contributed by atoms with Gasteiger partial charge in [0.05, 0.1) is 12.8 Å². The molecule has 1 fully saturated rings. The van der Waals surface area contributed by atoms with E-state index >= 15 is 0 Å². The van der Waals surface area contributed by atoms with E-state index < -0.39 is 0 Å². The van der Waals surface area contributed by atoms with Gasteiger partial charge in [0.25, 0.3) is 5.91 Å². The fraction of sp³-hybridized carbons (Fsp3) is 0.389. The van der Waals surface area contributed by atoms with E-state index in [0.717, 1.165) is 18.5 Å². The maximum absolute atomic E-state index is 12.3. The van der Waals surface area contributed by atoms with Gasteiger partial charge in [-0.1, -0.05) is 0 Å². The lowest BCUT2D eigenvalue weighted by molar-refractivity contribution is -0.133. The lowest BCUT2D eigenvalue weighted by Gasteiger charge is -2.31. The summed E-state index contributed by atoms with van der Waals surface area (Å²) in [6.07, 6.45) is 6.16. The molecule has 0 aromatic carbocycles. The van der Waals surface area contributed by atoms with Crippen molar-refractivity contribution < 1.29 is 14.0 Å². The van der Waals surface area contributed by atoms with Crippen LogP contribution >= 0.6 is 0 Å². The Hall–Kier alpha value is -3.43. The molecular formula is C18H21N7O3. The smallest absolute Gasteiger partial charge is 0.272 e. The Morgan fingerprint density at radius 2 is 2.18 bits per heavy atom. The van der Waals surface area contributed by atoms with Crippen molar-refractivity contribution in [3.05, 3.63) is 54.3 Å². The Morgan fingerprint density at radius 3 is 2.89 bits per heavy atom. The topological polar surface area (TPSA) is 122 Å². The number of H-pyrrole nitrogens is 1. The predicted molar refractivity (Wildman–Crippen MR) is 97.0 cm³/mol. The molecule has 2 N–H and O–H groups in total. The van der Waals surface area contributed by atoms with Crippen molar-refractivity contribution in [2.45, 2.75) is 31.8 Å². The summed E-state index contributed by atoms with van der Waals surface area (Å²) in [4.78, 5) is 30.2. The molecule has 0 unspecified atom stereocenters. The number of hydrogen-bond acceptors (Lipinski definition) is 6. The molecule has 10 nitrogen and oxygen atoms in total. The number of nitrogens with zero attached hydrogens (tertiary/aromatic N) is 5. The normalized spacial score (nSPS) is 14.9. The van der Waals surface area contributed by atoms with Crippen molar-refractivity contribution in [1.82, 2.24) is 35.2 Å². The van der Waals surface area contributed by atoms with Gasteiger partial charge in [0, 0.05) is 24.7 Å². The Bertz CT molecular complexity index is 909. The molecule has 0 radical (unpaired) electrons. The van der Waals surface area contributed by atoms with Crippen LogP contribution in [0.15, 0.2) is 41.5 Å². The number of carbonyl (C=O) groups excluding carboxylic acids is 2. The number of nitrogens with one attached hydrogen (secondary N) is 2. The first-order chi connectivity index (χ1) is 13.7. The van der Waals surface area contributed by atoms with E-state index in [1.54, 1.807) is 24.5 Å². The van der Waals surface area contributed by atoms with Crippen LogP contribution in [0.3, 0.4) is 0 Å². The third-order valence-electron chi connectivity index (χ3n) is 4.88. The summed E-state index contributed by atoms with van der Waals surface area (Å²) >= 11 is 0. The Kier molecular flexibility index (Phi) is 5.18. The van der Waals surface area contributed by atoms with Crippen molar-refractivity contribution in [3.63, 3.8) is 0 Å². The van der Waals surface area contributed by atoms with Gasteiger partial charge in [0.15, 0.2) is 0 Å². The number of rotatable bonds is 6. The third kappa shape index (κ3) is 4.11. The van der Waals surface area contributed by atoms with Gasteiger partial charge in [-0.25, -0.2) is 9.67 Å². The van der Waals surface area contributed by atoms with Gasteiger partial charge >= 0.3 is 0 Å². The van der Waals surface area contributed by atoms with Crippen LogP contribution in [0.2, 0.25) is 0 Å². The highest BCUT2D eigenvalue weighted by Gasteiger charge is 2.26. The summed E-state index contributed by atoms with van der Waals surface area (Å²) in [5.41, 5.74) is 1.28. The molecule has 2 amide bonds. The van der Waals surface area contributed by atoms with Crippen LogP contribution in [0.1, 0.15) is 40.7 Å². The number of furan rings is 1. The number of likely N-dealkylation sites (tertiary alicyclic amines) is 1. The van der Waals surface area contributed by atoms with E-state index in [0.29, 0.717) is 31.1 Å². The zero-order valence-electron chi connectivity index (χ0n) is 15.2. The van der Waals surface area contributed by atoms with E-state index in [2.05, 4.69) is 25.6 Å². The first kappa shape index (κ1) is 18.0. The SMILES string of the molecule is O=C(NCc1ccco1)c1cc(C2CCN(C(=O)Cn3cncn3)CC2)[nH]n1. The number of piperidine rings is 1. The molecule has 4 heterocycles. The summed E-state index contributed by atoms with van der Waals surface area (Å²) in [5, 5.41) is 13.8. The second-order valence-electron chi connectivity index (χ2n) is 6.72. The Morgan fingerprint density at radius 1 is 1.32 bits per heavy atom. The van der Waals surface area contributed by atoms with Gasteiger partial charge in [-0.15, -0.1) is 0 Å². The van der Waals surface area contributed by atoms with Crippen LogP contribution in [-0.2, 0) is 17.9 Å². The molecule has 1 aliphatic rings. The highest BCUT2D eigenvalue weighted by atomic mass is 16.3. The lowest BCUT2D eigenvalue weighted by Crippen LogP contribution is -2.39. The summed E-state index contributed by atoms with van der Waals surface area (Å²) in [5.74, 6) is 0.715. The van der Waals surface area contributed by atoms with E-state index in [-0.39, 0.29) is 24.3 Å². The molecule has 1 saturated heterocycles. The average Bonchev–Trinajstić information content (AvgIpc) is 3.48. The van der Waals surface area contributed by atoms with Crippen LogP contribution in [0.4, 0.5) is 0 Å².